The van der Waals surface area contributed by atoms with E-state index < -0.39 is 35.7 Å². The van der Waals surface area contributed by atoms with E-state index in [2.05, 4.69) is 57.8 Å². The zero-order valence-electron chi connectivity index (χ0n) is 33.8. The lowest BCUT2D eigenvalue weighted by molar-refractivity contribution is -0.138. The number of carbonyl (C=O) groups is 4. The van der Waals surface area contributed by atoms with Gasteiger partial charge in [0.25, 0.3) is 0 Å². The number of aromatic amines is 1. The zero-order valence-corrected chi connectivity index (χ0v) is 37.0. The van der Waals surface area contributed by atoms with Gasteiger partial charge >= 0.3 is 17.8 Å². The number of unbranched alkanes of at least 4 members (excludes halogenated alkanes) is 1. The van der Waals surface area contributed by atoms with E-state index in [9.17, 15) is 24.0 Å². The van der Waals surface area contributed by atoms with Crippen LogP contribution in [0.5, 0.6) is 0 Å². The van der Waals surface area contributed by atoms with E-state index in [-0.39, 0.29) is 24.1 Å². The number of halogens is 2. The Morgan fingerprint density at radius 1 is 0.881 bits per heavy atom. The van der Waals surface area contributed by atoms with Gasteiger partial charge in [0.05, 0.1) is 11.0 Å². The zero-order chi connectivity index (χ0) is 42.1. The number of alkyl carbamates (subject to hydrolysis) is 1. The molecule has 4 aromatic rings. The second-order valence-electron chi connectivity index (χ2n) is 16.3. The maximum atomic E-state index is 14.4. The van der Waals surface area contributed by atoms with Crippen molar-refractivity contribution in [2.24, 2.45) is 0 Å². The van der Waals surface area contributed by atoms with Gasteiger partial charge in [-0.25, -0.2) is 14.4 Å². The molecular formula is C43H54Br2N8O6. The molecule has 4 N–H and O–H groups in total. The number of para-hydroxylation sites is 2. The first kappa shape index (κ1) is 43.9. The van der Waals surface area contributed by atoms with Crippen molar-refractivity contribution in [1.29, 1.82) is 0 Å². The standard InChI is InChI=1S/C43H54Br2N8O6/c1-43(2,3)59-42(58)47-19-7-6-9-35(39(55)51-22-15-29(16-23-51)28-13-20-46-21-14-28)48-38(54)36(27-30-26-31(44)11-12-33(30)45)50-40(56)52-24-17-32(18-25-52)53-37-10-5-4-8-34(37)49-41(53)57/h4-5,8,10-14,20-21,26,29,32,35-36H,6-7,9,15-19,22-25,27H2,1-3H3,(H,47,58)(H,48,54)(H,49,57)(H,50,56)/t35-,36+/m0/s1. The Kier molecular flexibility index (Phi) is 14.9. The average molecular weight is 939 g/mol. The third kappa shape index (κ3) is 12.0. The maximum Gasteiger partial charge on any atom is 0.407 e. The topological polar surface area (TPSA) is 171 Å². The van der Waals surface area contributed by atoms with E-state index in [1.165, 1.54) is 5.56 Å². The minimum atomic E-state index is -1.01. The first-order valence-electron chi connectivity index (χ1n) is 20.4. The highest BCUT2D eigenvalue weighted by molar-refractivity contribution is 9.11. The van der Waals surface area contributed by atoms with Crippen LogP contribution in [0.3, 0.4) is 0 Å². The van der Waals surface area contributed by atoms with Crippen LogP contribution in [-0.4, -0.2) is 98.7 Å². The summed E-state index contributed by atoms with van der Waals surface area (Å²) in [6.45, 7) is 7.63. The van der Waals surface area contributed by atoms with Gasteiger partial charge in [0.15, 0.2) is 0 Å². The van der Waals surface area contributed by atoms with Crippen molar-refractivity contribution in [3.8, 4) is 0 Å². The van der Waals surface area contributed by atoms with Gasteiger partial charge in [0.2, 0.25) is 11.8 Å². The molecule has 59 heavy (non-hydrogen) atoms. The third-order valence-electron chi connectivity index (χ3n) is 11.0. The number of aromatic nitrogens is 3. The number of ether oxygens (including phenoxy) is 1. The Bertz CT molecular complexity index is 2140. The molecule has 0 bridgehead atoms. The van der Waals surface area contributed by atoms with Crippen molar-refractivity contribution >= 4 is 66.8 Å². The van der Waals surface area contributed by atoms with Gasteiger partial charge in [0, 0.05) is 66.5 Å². The van der Waals surface area contributed by atoms with Crippen molar-refractivity contribution in [2.45, 2.75) is 102 Å². The van der Waals surface area contributed by atoms with Crippen LogP contribution in [0.15, 0.2) is 80.7 Å². The Morgan fingerprint density at radius 3 is 2.29 bits per heavy atom. The summed E-state index contributed by atoms with van der Waals surface area (Å²) in [4.78, 5) is 78.3. The summed E-state index contributed by atoms with van der Waals surface area (Å²) in [5, 5.41) is 8.82. The van der Waals surface area contributed by atoms with Gasteiger partial charge in [-0.3, -0.25) is 19.1 Å². The molecule has 316 valence electrons. The highest BCUT2D eigenvalue weighted by atomic mass is 79.9. The number of nitrogens with one attached hydrogen (secondary N) is 4. The number of nitrogens with zero attached hydrogens (tertiary/aromatic N) is 4. The fourth-order valence-corrected chi connectivity index (χ4v) is 8.75. The molecule has 4 heterocycles. The van der Waals surface area contributed by atoms with E-state index in [0.717, 1.165) is 38.4 Å². The maximum absolute atomic E-state index is 14.4. The summed E-state index contributed by atoms with van der Waals surface area (Å²) in [5.41, 5.74) is 2.80. The van der Waals surface area contributed by atoms with Crippen LogP contribution in [0, 0.1) is 0 Å². The highest BCUT2D eigenvalue weighted by Crippen LogP contribution is 2.29. The van der Waals surface area contributed by atoms with Crippen molar-refractivity contribution in [2.75, 3.05) is 32.7 Å². The van der Waals surface area contributed by atoms with Gasteiger partial charge in [0.1, 0.15) is 17.7 Å². The molecule has 0 unspecified atom stereocenters. The number of piperidine rings is 2. The summed E-state index contributed by atoms with van der Waals surface area (Å²) in [6.07, 6.45) is 7.39. The number of rotatable bonds is 13. The number of hydrogen-bond donors (Lipinski definition) is 4. The summed E-state index contributed by atoms with van der Waals surface area (Å²) >= 11 is 7.15. The van der Waals surface area contributed by atoms with E-state index >= 15 is 0 Å². The normalized spacial score (nSPS) is 16.4. The molecule has 2 aromatic carbocycles. The van der Waals surface area contributed by atoms with Crippen LogP contribution in [-0.2, 0) is 20.7 Å². The summed E-state index contributed by atoms with van der Waals surface area (Å²) in [6, 6.07) is 14.9. The molecule has 5 amide bonds. The number of fused-ring (bicyclic) bond motifs is 1. The number of pyridine rings is 1. The number of urea groups is 1. The molecule has 2 atom stereocenters. The monoisotopic (exact) mass is 936 g/mol. The molecule has 2 aromatic heterocycles. The highest BCUT2D eigenvalue weighted by Gasteiger charge is 2.34. The molecule has 6 rings (SSSR count). The Labute approximate surface area is 361 Å². The number of H-pyrrole nitrogens is 1. The molecule has 14 nitrogen and oxygen atoms in total. The van der Waals surface area contributed by atoms with E-state index in [4.69, 9.17) is 4.74 Å². The molecule has 0 saturated carbocycles. The molecule has 2 aliphatic heterocycles. The second-order valence-corrected chi connectivity index (χ2v) is 18.1. The van der Waals surface area contributed by atoms with Crippen LogP contribution in [0.2, 0.25) is 0 Å². The fraction of sp³-hybridized carbons (Fsp3) is 0.488. The van der Waals surface area contributed by atoms with Crippen LogP contribution < -0.4 is 21.6 Å². The minimum Gasteiger partial charge on any atom is -0.444 e. The molecule has 0 aliphatic carbocycles. The van der Waals surface area contributed by atoms with Crippen LogP contribution in [0.4, 0.5) is 9.59 Å². The van der Waals surface area contributed by atoms with Gasteiger partial charge < -0.3 is 35.5 Å². The average Bonchev–Trinajstić information content (AvgIpc) is 3.56. The second kappa shape index (κ2) is 20.0. The Balaban J connectivity index is 1.14. The Hall–Kier alpha value is -4.70. The van der Waals surface area contributed by atoms with Crippen molar-refractivity contribution in [1.82, 2.24) is 40.3 Å². The van der Waals surface area contributed by atoms with E-state index in [1.54, 1.807) is 42.6 Å². The van der Waals surface area contributed by atoms with E-state index in [1.807, 2.05) is 59.5 Å². The molecular weight excluding hydrogens is 884 g/mol. The first-order valence-corrected chi connectivity index (χ1v) is 22.0. The number of amides is 5. The van der Waals surface area contributed by atoms with Crippen LogP contribution in [0.25, 0.3) is 11.0 Å². The third-order valence-corrected chi connectivity index (χ3v) is 12.2. The van der Waals surface area contributed by atoms with Crippen molar-refractivity contribution < 1.29 is 23.9 Å². The van der Waals surface area contributed by atoms with Crippen molar-refractivity contribution in [3.05, 3.63) is 97.5 Å². The SMILES string of the molecule is CC(C)(C)OC(=O)NCCCC[C@H](NC(=O)[C@@H](Cc1cc(Br)ccc1Br)NC(=O)N1CCC(n2c(=O)[nH]c3ccccc32)CC1)C(=O)N1CCC(c2ccncc2)CC1. The molecule has 0 spiro atoms. The molecule has 2 aliphatic rings. The van der Waals surface area contributed by atoms with Crippen LogP contribution in [0.1, 0.15) is 88.8 Å². The van der Waals surface area contributed by atoms with Gasteiger partial charge in [-0.2, -0.15) is 0 Å². The quantitative estimate of drug-likeness (QED) is 0.107. The lowest BCUT2D eigenvalue weighted by atomic mass is 9.89. The van der Waals surface area contributed by atoms with Gasteiger partial charge in [-0.15, -0.1) is 0 Å². The largest absolute Gasteiger partial charge is 0.444 e. The predicted octanol–water partition coefficient (Wildman–Crippen LogP) is 6.79. The lowest BCUT2D eigenvalue weighted by Crippen LogP contribution is -2.57. The molecule has 0 radical (unpaired) electrons. The molecule has 16 heteroatoms. The number of benzene rings is 2. The lowest BCUT2D eigenvalue weighted by Gasteiger charge is -2.35. The predicted molar refractivity (Wildman–Crippen MR) is 233 cm³/mol. The molecule has 2 fully saturated rings. The van der Waals surface area contributed by atoms with Crippen molar-refractivity contribution in [3.63, 3.8) is 0 Å². The number of hydrogen-bond acceptors (Lipinski definition) is 7. The minimum absolute atomic E-state index is 0.0831. The Morgan fingerprint density at radius 2 is 1.58 bits per heavy atom. The first-order chi connectivity index (χ1) is 28.3. The fourth-order valence-electron chi connectivity index (χ4n) is 7.93. The summed E-state index contributed by atoms with van der Waals surface area (Å²) in [7, 11) is 0. The van der Waals surface area contributed by atoms with Crippen LogP contribution >= 0.6 is 31.9 Å². The summed E-state index contributed by atoms with van der Waals surface area (Å²) in [5.74, 6) is -0.331. The number of likely N-dealkylation sites (tertiary alicyclic amines) is 2. The molecule has 2 saturated heterocycles. The van der Waals surface area contributed by atoms with Gasteiger partial charge in [-0.05, 0) is 125 Å². The number of carbonyl (C=O) groups excluding carboxylic acids is 4. The summed E-state index contributed by atoms with van der Waals surface area (Å²) < 4.78 is 8.73. The number of imidazole rings is 1. The smallest absolute Gasteiger partial charge is 0.407 e. The van der Waals surface area contributed by atoms with Gasteiger partial charge in [-0.1, -0.05) is 44.0 Å². The van der Waals surface area contributed by atoms with E-state index in [0.29, 0.717) is 70.7 Å².